The molecule has 1 aromatic carbocycles. The minimum atomic E-state index is 0.291. The molecule has 0 spiro atoms. The number of rotatable bonds is 5. The van der Waals surface area contributed by atoms with Gasteiger partial charge in [0.05, 0.1) is 33.5 Å². The normalized spacial score (nSPS) is 31.3. The van der Waals surface area contributed by atoms with Crippen LogP contribution < -0.4 is 4.74 Å². The van der Waals surface area contributed by atoms with Crippen molar-refractivity contribution < 1.29 is 14.2 Å². The molecule has 3 heterocycles. The van der Waals surface area contributed by atoms with Gasteiger partial charge in [0, 0.05) is 56.2 Å². The van der Waals surface area contributed by atoms with Gasteiger partial charge in [-0.1, -0.05) is 18.2 Å². The van der Waals surface area contributed by atoms with Crippen molar-refractivity contribution in [2.45, 2.75) is 6.54 Å². The first kappa shape index (κ1) is 16.3. The van der Waals surface area contributed by atoms with E-state index in [2.05, 4.69) is 28.0 Å². The first-order valence-corrected chi connectivity index (χ1v) is 9.01. The molecule has 0 aromatic heterocycles. The first-order valence-electron chi connectivity index (χ1n) is 9.01. The highest BCUT2D eigenvalue weighted by atomic mass is 16.5. The molecular formula is C19H28N2O3. The van der Waals surface area contributed by atoms with E-state index in [9.17, 15) is 0 Å². The number of morpholine rings is 1. The van der Waals surface area contributed by atoms with Crippen molar-refractivity contribution in [3.05, 3.63) is 29.8 Å². The Morgan fingerprint density at radius 2 is 2.00 bits per heavy atom. The highest BCUT2D eigenvalue weighted by Gasteiger charge is 2.51. The van der Waals surface area contributed by atoms with Gasteiger partial charge in [-0.3, -0.25) is 9.80 Å². The molecule has 0 aliphatic carbocycles. The van der Waals surface area contributed by atoms with Crippen molar-refractivity contribution in [3.63, 3.8) is 0 Å². The molecule has 24 heavy (non-hydrogen) atoms. The van der Waals surface area contributed by atoms with Gasteiger partial charge in [0.15, 0.2) is 0 Å². The predicted molar refractivity (Wildman–Crippen MR) is 92.3 cm³/mol. The van der Waals surface area contributed by atoms with Gasteiger partial charge in [-0.25, -0.2) is 0 Å². The summed E-state index contributed by atoms with van der Waals surface area (Å²) in [5.74, 6) is 1.64. The number of fused-ring (bicyclic) bond motifs is 1. The second-order valence-corrected chi connectivity index (χ2v) is 7.44. The summed E-state index contributed by atoms with van der Waals surface area (Å²) < 4.78 is 16.9. The third-order valence-corrected chi connectivity index (χ3v) is 5.82. The maximum atomic E-state index is 5.89. The summed E-state index contributed by atoms with van der Waals surface area (Å²) in [6, 6.07) is 8.37. The van der Waals surface area contributed by atoms with E-state index < -0.39 is 0 Å². The lowest BCUT2D eigenvalue weighted by molar-refractivity contribution is 0.0102. The van der Waals surface area contributed by atoms with Crippen LogP contribution >= 0.6 is 0 Å². The predicted octanol–water partition coefficient (Wildman–Crippen LogP) is 1.48. The van der Waals surface area contributed by atoms with Crippen LogP contribution in [0, 0.1) is 11.3 Å². The van der Waals surface area contributed by atoms with Crippen LogP contribution in [0.2, 0.25) is 0 Å². The van der Waals surface area contributed by atoms with Crippen LogP contribution in [0.1, 0.15) is 5.56 Å². The second kappa shape index (κ2) is 7.00. The lowest BCUT2D eigenvalue weighted by Gasteiger charge is -2.36. The minimum absolute atomic E-state index is 0.291. The van der Waals surface area contributed by atoms with Crippen molar-refractivity contribution in [2.75, 3.05) is 66.3 Å². The molecule has 5 nitrogen and oxygen atoms in total. The van der Waals surface area contributed by atoms with Crippen LogP contribution in [-0.2, 0) is 16.0 Å². The van der Waals surface area contributed by atoms with Crippen LogP contribution in [0.25, 0.3) is 0 Å². The van der Waals surface area contributed by atoms with Crippen molar-refractivity contribution in [1.29, 1.82) is 0 Å². The zero-order valence-electron chi connectivity index (χ0n) is 14.6. The molecule has 1 aromatic rings. The molecule has 0 N–H and O–H groups in total. The van der Waals surface area contributed by atoms with Crippen molar-refractivity contribution in [1.82, 2.24) is 9.80 Å². The average molecular weight is 332 g/mol. The monoisotopic (exact) mass is 332 g/mol. The fourth-order valence-electron chi connectivity index (χ4n) is 4.57. The number of likely N-dealkylation sites (tertiary alicyclic amines) is 1. The summed E-state index contributed by atoms with van der Waals surface area (Å²) in [5, 5.41) is 0. The highest BCUT2D eigenvalue weighted by molar-refractivity contribution is 5.33. The molecule has 0 unspecified atom stereocenters. The van der Waals surface area contributed by atoms with Gasteiger partial charge >= 0.3 is 0 Å². The van der Waals surface area contributed by atoms with E-state index in [0.717, 1.165) is 71.4 Å². The van der Waals surface area contributed by atoms with Gasteiger partial charge in [0.2, 0.25) is 0 Å². The molecule has 132 valence electrons. The molecule has 3 fully saturated rings. The Bertz CT molecular complexity index is 561. The van der Waals surface area contributed by atoms with E-state index in [1.54, 1.807) is 7.11 Å². The fraction of sp³-hybridized carbons (Fsp3) is 0.684. The van der Waals surface area contributed by atoms with E-state index >= 15 is 0 Å². The lowest BCUT2D eigenvalue weighted by atomic mass is 9.80. The van der Waals surface area contributed by atoms with E-state index in [-0.39, 0.29) is 0 Å². The summed E-state index contributed by atoms with van der Waals surface area (Å²) in [4.78, 5) is 5.16. The molecular weight excluding hydrogens is 304 g/mol. The Balaban J connectivity index is 1.44. The minimum Gasteiger partial charge on any atom is -0.496 e. The van der Waals surface area contributed by atoms with Gasteiger partial charge in [0.25, 0.3) is 0 Å². The Morgan fingerprint density at radius 3 is 2.83 bits per heavy atom. The molecule has 0 bridgehead atoms. The van der Waals surface area contributed by atoms with Gasteiger partial charge in [-0.2, -0.15) is 0 Å². The summed E-state index contributed by atoms with van der Waals surface area (Å²) in [6.07, 6.45) is 0. The molecule has 4 rings (SSSR count). The quantitative estimate of drug-likeness (QED) is 0.816. The highest BCUT2D eigenvalue weighted by Crippen LogP contribution is 2.42. The zero-order valence-corrected chi connectivity index (χ0v) is 14.6. The third kappa shape index (κ3) is 3.18. The second-order valence-electron chi connectivity index (χ2n) is 7.44. The van der Waals surface area contributed by atoms with E-state index in [1.165, 1.54) is 5.56 Å². The Labute approximate surface area is 144 Å². The van der Waals surface area contributed by atoms with Gasteiger partial charge in [-0.05, 0) is 6.07 Å². The van der Waals surface area contributed by atoms with Gasteiger partial charge in [-0.15, -0.1) is 0 Å². The number of ether oxygens (including phenoxy) is 3. The molecule has 5 heteroatoms. The number of methoxy groups -OCH3 is 1. The largest absolute Gasteiger partial charge is 0.496 e. The van der Waals surface area contributed by atoms with E-state index in [1.807, 2.05) is 6.07 Å². The van der Waals surface area contributed by atoms with E-state index in [4.69, 9.17) is 14.2 Å². The SMILES string of the molecule is COc1ccccc1CN1C[C@@H]2COC[C@]2(CN2CCOCC2)C1. The molecule has 0 amide bonds. The van der Waals surface area contributed by atoms with Crippen LogP contribution in [0.3, 0.4) is 0 Å². The van der Waals surface area contributed by atoms with Crippen molar-refractivity contribution >= 4 is 0 Å². The van der Waals surface area contributed by atoms with Crippen molar-refractivity contribution in [2.24, 2.45) is 11.3 Å². The molecule has 3 aliphatic rings. The summed E-state index contributed by atoms with van der Waals surface area (Å²) >= 11 is 0. The molecule has 2 atom stereocenters. The summed E-state index contributed by atoms with van der Waals surface area (Å²) in [7, 11) is 1.76. The number of benzene rings is 1. The Kier molecular flexibility index (Phi) is 4.77. The zero-order chi connectivity index (χ0) is 16.4. The average Bonchev–Trinajstić information content (AvgIpc) is 3.12. The smallest absolute Gasteiger partial charge is 0.123 e. The number of para-hydroxylation sites is 1. The van der Waals surface area contributed by atoms with E-state index in [0.29, 0.717) is 11.3 Å². The molecule has 0 radical (unpaired) electrons. The lowest BCUT2D eigenvalue weighted by Crippen LogP contribution is -2.47. The Hall–Kier alpha value is -1.14. The van der Waals surface area contributed by atoms with Gasteiger partial charge in [0.1, 0.15) is 5.75 Å². The van der Waals surface area contributed by atoms with Crippen LogP contribution in [0.4, 0.5) is 0 Å². The molecule has 3 aliphatic heterocycles. The fourth-order valence-corrected chi connectivity index (χ4v) is 4.57. The first-order chi connectivity index (χ1) is 11.8. The van der Waals surface area contributed by atoms with Crippen LogP contribution in [-0.4, -0.2) is 76.1 Å². The van der Waals surface area contributed by atoms with Crippen LogP contribution in [0.5, 0.6) is 5.75 Å². The van der Waals surface area contributed by atoms with Gasteiger partial charge < -0.3 is 14.2 Å². The summed E-state index contributed by atoms with van der Waals surface area (Å²) in [5.41, 5.74) is 1.57. The Morgan fingerprint density at radius 1 is 1.17 bits per heavy atom. The maximum absolute atomic E-state index is 5.89. The number of nitrogens with zero attached hydrogens (tertiary/aromatic N) is 2. The van der Waals surface area contributed by atoms with Crippen LogP contribution in [0.15, 0.2) is 24.3 Å². The number of hydrogen-bond donors (Lipinski definition) is 0. The number of hydrogen-bond acceptors (Lipinski definition) is 5. The summed E-state index contributed by atoms with van der Waals surface area (Å²) in [6.45, 7) is 10.0. The topological polar surface area (TPSA) is 34.2 Å². The standard InChI is InChI=1S/C19H28N2O3/c1-22-18-5-3-2-4-16(18)10-21-11-17-12-24-15-19(17,14-21)13-20-6-8-23-9-7-20/h2-5,17H,6-15H2,1H3/t17-,19+/m1/s1. The molecule has 3 saturated heterocycles. The third-order valence-electron chi connectivity index (χ3n) is 5.82. The molecule has 0 saturated carbocycles. The van der Waals surface area contributed by atoms with Crippen molar-refractivity contribution in [3.8, 4) is 5.75 Å². The maximum Gasteiger partial charge on any atom is 0.123 e.